The summed E-state index contributed by atoms with van der Waals surface area (Å²) in [5.41, 5.74) is 2.41. The lowest BCUT2D eigenvalue weighted by molar-refractivity contribution is 0.477. The zero-order valence-corrected chi connectivity index (χ0v) is 14.0. The molecule has 2 heterocycles. The van der Waals surface area contributed by atoms with Crippen LogP contribution in [0.25, 0.3) is 0 Å². The fourth-order valence-corrected chi connectivity index (χ4v) is 4.17. The van der Waals surface area contributed by atoms with Crippen molar-refractivity contribution in [3.05, 3.63) is 53.7 Å². The van der Waals surface area contributed by atoms with Gasteiger partial charge in [-0.1, -0.05) is 24.3 Å². The minimum absolute atomic E-state index is 0.265. The number of rotatable bonds is 5. The van der Waals surface area contributed by atoms with E-state index in [1.54, 1.807) is 12.1 Å². The van der Waals surface area contributed by atoms with Crippen molar-refractivity contribution in [1.82, 2.24) is 9.29 Å². The van der Waals surface area contributed by atoms with Crippen LogP contribution in [0.5, 0.6) is 0 Å². The molecule has 23 heavy (non-hydrogen) atoms. The van der Waals surface area contributed by atoms with E-state index in [0.717, 1.165) is 12.8 Å². The molecule has 1 aliphatic heterocycles. The van der Waals surface area contributed by atoms with Crippen LogP contribution in [0, 0.1) is 6.92 Å². The van der Waals surface area contributed by atoms with E-state index in [1.807, 2.05) is 12.1 Å². The Bertz CT molecular complexity index is 767. The molecule has 1 aromatic heterocycles. The first-order valence-electron chi connectivity index (χ1n) is 7.82. The summed E-state index contributed by atoms with van der Waals surface area (Å²) in [5, 5.41) is 3.23. The van der Waals surface area contributed by atoms with Gasteiger partial charge < -0.3 is 5.32 Å². The van der Waals surface area contributed by atoms with Gasteiger partial charge in [0.15, 0.2) is 0 Å². The molecule has 1 fully saturated rings. The van der Waals surface area contributed by atoms with Gasteiger partial charge in [-0.3, -0.25) is 0 Å². The molecule has 0 saturated carbocycles. The fourth-order valence-electron chi connectivity index (χ4n) is 2.71. The van der Waals surface area contributed by atoms with Crippen LogP contribution in [0.4, 0.5) is 5.82 Å². The second-order valence-corrected chi connectivity index (χ2v) is 7.71. The summed E-state index contributed by atoms with van der Waals surface area (Å²) < 4.78 is 26.4. The van der Waals surface area contributed by atoms with E-state index in [4.69, 9.17) is 0 Å². The van der Waals surface area contributed by atoms with Crippen molar-refractivity contribution < 1.29 is 8.42 Å². The van der Waals surface area contributed by atoms with Crippen molar-refractivity contribution in [3.8, 4) is 0 Å². The highest BCUT2D eigenvalue weighted by atomic mass is 32.2. The Morgan fingerprint density at radius 1 is 1.13 bits per heavy atom. The Morgan fingerprint density at radius 3 is 2.52 bits per heavy atom. The van der Waals surface area contributed by atoms with E-state index in [0.29, 0.717) is 25.5 Å². The third kappa shape index (κ3) is 3.54. The van der Waals surface area contributed by atoms with Crippen molar-refractivity contribution in [2.45, 2.75) is 31.2 Å². The van der Waals surface area contributed by atoms with E-state index in [-0.39, 0.29) is 4.90 Å². The minimum atomic E-state index is -3.39. The Balaban J connectivity index is 1.69. The number of hydrogen-bond donors (Lipinski definition) is 1. The summed E-state index contributed by atoms with van der Waals surface area (Å²) >= 11 is 0. The van der Waals surface area contributed by atoms with Gasteiger partial charge in [-0.25, -0.2) is 13.4 Å². The van der Waals surface area contributed by atoms with E-state index < -0.39 is 10.0 Å². The molecular weight excluding hydrogens is 310 g/mol. The van der Waals surface area contributed by atoms with E-state index >= 15 is 0 Å². The average molecular weight is 331 g/mol. The summed E-state index contributed by atoms with van der Waals surface area (Å²) in [4.78, 5) is 4.51. The second-order valence-electron chi connectivity index (χ2n) is 5.77. The number of sulfonamides is 1. The number of pyridine rings is 1. The third-order valence-electron chi connectivity index (χ3n) is 4.16. The average Bonchev–Trinajstić information content (AvgIpc) is 3.10. The van der Waals surface area contributed by atoms with Crippen molar-refractivity contribution >= 4 is 15.8 Å². The SMILES string of the molecule is Cc1ccccc1CNc1ccc(S(=O)(=O)N2CCCC2)cn1. The molecule has 1 aromatic carbocycles. The first kappa shape index (κ1) is 16.0. The zero-order valence-electron chi connectivity index (χ0n) is 13.2. The lowest BCUT2D eigenvalue weighted by Gasteiger charge is -2.15. The second kappa shape index (κ2) is 6.68. The van der Waals surface area contributed by atoms with Crippen molar-refractivity contribution in [2.75, 3.05) is 18.4 Å². The van der Waals surface area contributed by atoms with Gasteiger partial charge in [0.05, 0.1) is 0 Å². The molecular formula is C17H21N3O2S. The van der Waals surface area contributed by atoms with E-state index in [2.05, 4.69) is 29.4 Å². The van der Waals surface area contributed by atoms with Crippen LogP contribution in [0.1, 0.15) is 24.0 Å². The molecule has 1 aliphatic rings. The number of hydrogen-bond acceptors (Lipinski definition) is 4. The highest BCUT2D eigenvalue weighted by molar-refractivity contribution is 7.89. The number of benzene rings is 1. The molecule has 0 spiro atoms. The standard InChI is InChI=1S/C17H21N3O2S/c1-14-6-2-3-7-15(14)12-18-17-9-8-16(13-19-17)23(21,22)20-10-4-5-11-20/h2-3,6-9,13H,4-5,10-12H2,1H3,(H,18,19). The lowest BCUT2D eigenvalue weighted by Crippen LogP contribution is -2.27. The summed E-state index contributed by atoms with van der Waals surface area (Å²) in [6, 6.07) is 11.5. The van der Waals surface area contributed by atoms with Crippen molar-refractivity contribution in [1.29, 1.82) is 0 Å². The fraction of sp³-hybridized carbons (Fsp3) is 0.353. The normalized spacial score (nSPS) is 15.7. The van der Waals surface area contributed by atoms with Crippen LogP contribution >= 0.6 is 0 Å². The molecule has 2 aromatic rings. The summed E-state index contributed by atoms with van der Waals surface area (Å²) in [6.07, 6.45) is 3.30. The van der Waals surface area contributed by atoms with Gasteiger partial charge in [0, 0.05) is 25.8 Å². The third-order valence-corrected chi connectivity index (χ3v) is 6.04. The van der Waals surface area contributed by atoms with Crippen LogP contribution in [-0.4, -0.2) is 30.8 Å². The number of aryl methyl sites for hydroxylation is 1. The quantitative estimate of drug-likeness (QED) is 0.915. The molecule has 0 bridgehead atoms. The topological polar surface area (TPSA) is 62.3 Å². The Morgan fingerprint density at radius 2 is 1.87 bits per heavy atom. The van der Waals surface area contributed by atoms with Gasteiger partial charge >= 0.3 is 0 Å². The molecule has 0 aliphatic carbocycles. The van der Waals surface area contributed by atoms with Gasteiger partial charge in [0.25, 0.3) is 0 Å². The molecule has 5 nitrogen and oxygen atoms in total. The highest BCUT2D eigenvalue weighted by Gasteiger charge is 2.27. The largest absolute Gasteiger partial charge is 0.366 e. The van der Waals surface area contributed by atoms with Crippen LogP contribution in [0.15, 0.2) is 47.5 Å². The molecule has 0 unspecified atom stereocenters. The summed E-state index contributed by atoms with van der Waals surface area (Å²) in [6.45, 7) is 3.94. The Hall–Kier alpha value is -1.92. The van der Waals surface area contributed by atoms with Gasteiger partial charge in [0.1, 0.15) is 10.7 Å². The van der Waals surface area contributed by atoms with Crippen LogP contribution in [-0.2, 0) is 16.6 Å². The number of anilines is 1. The molecule has 0 radical (unpaired) electrons. The molecule has 0 amide bonds. The molecule has 1 N–H and O–H groups in total. The van der Waals surface area contributed by atoms with Crippen LogP contribution in [0.3, 0.4) is 0 Å². The van der Waals surface area contributed by atoms with E-state index in [9.17, 15) is 8.42 Å². The van der Waals surface area contributed by atoms with Crippen molar-refractivity contribution in [3.63, 3.8) is 0 Å². The van der Waals surface area contributed by atoms with Crippen LogP contribution in [0.2, 0.25) is 0 Å². The predicted molar refractivity (Wildman–Crippen MR) is 90.7 cm³/mol. The molecule has 3 rings (SSSR count). The van der Waals surface area contributed by atoms with Gasteiger partial charge in [-0.05, 0) is 43.0 Å². The van der Waals surface area contributed by atoms with Crippen LogP contribution < -0.4 is 5.32 Å². The maximum absolute atomic E-state index is 12.4. The first-order valence-corrected chi connectivity index (χ1v) is 9.26. The van der Waals surface area contributed by atoms with Gasteiger partial charge in [-0.15, -0.1) is 0 Å². The first-order chi connectivity index (χ1) is 11.1. The molecule has 122 valence electrons. The number of nitrogens with one attached hydrogen (secondary N) is 1. The van der Waals surface area contributed by atoms with Crippen molar-refractivity contribution in [2.24, 2.45) is 0 Å². The lowest BCUT2D eigenvalue weighted by atomic mass is 10.1. The summed E-state index contributed by atoms with van der Waals surface area (Å²) in [5.74, 6) is 0.675. The number of nitrogens with zero attached hydrogens (tertiary/aromatic N) is 2. The smallest absolute Gasteiger partial charge is 0.244 e. The minimum Gasteiger partial charge on any atom is -0.366 e. The van der Waals surface area contributed by atoms with Gasteiger partial charge in [0.2, 0.25) is 10.0 Å². The van der Waals surface area contributed by atoms with Gasteiger partial charge in [-0.2, -0.15) is 4.31 Å². The molecule has 0 atom stereocenters. The zero-order chi connectivity index (χ0) is 16.3. The number of aromatic nitrogens is 1. The Kier molecular flexibility index (Phi) is 4.63. The molecule has 1 saturated heterocycles. The maximum atomic E-state index is 12.4. The summed E-state index contributed by atoms with van der Waals surface area (Å²) in [7, 11) is -3.39. The van der Waals surface area contributed by atoms with E-state index in [1.165, 1.54) is 21.6 Å². The monoisotopic (exact) mass is 331 g/mol. The highest BCUT2D eigenvalue weighted by Crippen LogP contribution is 2.21. The maximum Gasteiger partial charge on any atom is 0.244 e. The Labute approximate surface area is 137 Å². The predicted octanol–water partition coefficient (Wildman–Crippen LogP) is 2.79. The molecule has 6 heteroatoms.